The number of hydroxylamine groups is 1. The number of ether oxygens (including phenoxy) is 3. The Kier molecular flexibility index (Phi) is 11.2. The van der Waals surface area contributed by atoms with Crippen molar-refractivity contribution < 1.29 is 33.4 Å². The molecule has 4 N–H and O–H groups in total. The number of pyridine rings is 1. The number of methoxy groups -OCH3 is 1. The molecule has 0 radical (unpaired) electrons. The van der Waals surface area contributed by atoms with Crippen molar-refractivity contribution in [2.45, 2.75) is 32.1 Å². The Morgan fingerprint density at radius 3 is 2.47 bits per heavy atom. The summed E-state index contributed by atoms with van der Waals surface area (Å²) in [5.74, 6) is 1.48. The zero-order valence-corrected chi connectivity index (χ0v) is 23.5. The van der Waals surface area contributed by atoms with Crippen molar-refractivity contribution >= 4 is 34.7 Å². The number of nitrogens with one attached hydrogen (secondary N) is 3. The van der Waals surface area contributed by atoms with Gasteiger partial charge in [0.05, 0.1) is 25.4 Å². The normalized spacial score (nSPS) is 10.9. The molecule has 0 saturated carbocycles. The monoisotopic (exact) mass is 589 g/mol. The number of halogens is 1. The van der Waals surface area contributed by atoms with Gasteiger partial charge in [0.2, 0.25) is 5.91 Å². The minimum Gasteiger partial charge on any atom is -0.493 e. The second kappa shape index (κ2) is 15.7. The van der Waals surface area contributed by atoms with Crippen molar-refractivity contribution in [3.05, 3.63) is 84.3 Å². The Hall–Kier alpha value is -5.23. The van der Waals surface area contributed by atoms with E-state index >= 15 is 0 Å². The highest BCUT2D eigenvalue weighted by atomic mass is 19.1. The van der Waals surface area contributed by atoms with E-state index in [1.165, 1.54) is 18.3 Å². The molecule has 3 amide bonds. The molecule has 0 aliphatic rings. The van der Waals surface area contributed by atoms with E-state index in [1.807, 2.05) is 6.07 Å². The van der Waals surface area contributed by atoms with Crippen molar-refractivity contribution in [3.63, 3.8) is 0 Å². The Balaban J connectivity index is 1.31. The van der Waals surface area contributed by atoms with Crippen LogP contribution >= 0.6 is 0 Å². The highest BCUT2D eigenvalue weighted by Crippen LogP contribution is 2.37. The third-order valence-electron chi connectivity index (χ3n) is 6.26. The number of fused-ring (bicyclic) bond motifs is 1. The van der Waals surface area contributed by atoms with E-state index < -0.39 is 6.03 Å². The van der Waals surface area contributed by atoms with Crippen molar-refractivity contribution in [2.75, 3.05) is 19.0 Å². The Bertz CT molecular complexity index is 1550. The zero-order chi connectivity index (χ0) is 30.4. The maximum Gasteiger partial charge on any atom is 0.339 e. The number of benzene rings is 3. The van der Waals surface area contributed by atoms with Crippen LogP contribution < -0.4 is 30.4 Å². The Labute approximate surface area is 247 Å². The number of hydrogen-bond acceptors (Lipinski definition) is 8. The molecule has 1 aromatic heterocycles. The second-order valence-corrected chi connectivity index (χ2v) is 9.38. The van der Waals surface area contributed by atoms with Gasteiger partial charge in [0.1, 0.15) is 17.3 Å². The maximum absolute atomic E-state index is 13.0. The van der Waals surface area contributed by atoms with Gasteiger partial charge < -0.3 is 19.5 Å². The van der Waals surface area contributed by atoms with Crippen LogP contribution in [0.25, 0.3) is 10.9 Å². The highest BCUT2D eigenvalue weighted by Gasteiger charge is 2.12. The van der Waals surface area contributed by atoms with Crippen LogP contribution in [0.3, 0.4) is 0 Å². The van der Waals surface area contributed by atoms with Gasteiger partial charge in [-0.25, -0.2) is 20.1 Å². The standard InChI is InChI=1S/C31H32FN5O6/c1-41-28-18-25-26(19-29(28)42-17-5-3-2-4-6-30(38)37-40)33-16-15-27(25)43-24-13-11-23(12-14-24)35-31(39)36-34-20-21-7-9-22(32)10-8-21/h7-16,18-20,40H,2-6,17H2,1H3,(H,37,38)(H2,35,36,39)/b34-20+. The highest BCUT2D eigenvalue weighted by molar-refractivity contribution is 5.91. The average Bonchev–Trinajstić information content (AvgIpc) is 3.02. The number of rotatable bonds is 14. The lowest BCUT2D eigenvalue weighted by Gasteiger charge is -2.14. The first kappa shape index (κ1) is 30.7. The van der Waals surface area contributed by atoms with Crippen LogP contribution in [0.4, 0.5) is 14.9 Å². The molecular weight excluding hydrogens is 557 g/mol. The summed E-state index contributed by atoms with van der Waals surface area (Å²) < 4.78 is 30.6. The summed E-state index contributed by atoms with van der Waals surface area (Å²) in [5.41, 5.74) is 5.83. The fourth-order valence-corrected chi connectivity index (χ4v) is 4.08. The molecular formula is C31H32FN5O6. The molecule has 3 aromatic carbocycles. The first-order valence-corrected chi connectivity index (χ1v) is 13.6. The van der Waals surface area contributed by atoms with Crippen LogP contribution in [-0.2, 0) is 4.79 Å². The molecule has 11 nitrogen and oxygen atoms in total. The number of urea groups is 1. The molecule has 0 spiro atoms. The van der Waals surface area contributed by atoms with Crippen molar-refractivity contribution in [2.24, 2.45) is 5.10 Å². The maximum atomic E-state index is 13.0. The summed E-state index contributed by atoms with van der Waals surface area (Å²) in [5, 5.41) is 15.8. The van der Waals surface area contributed by atoms with E-state index in [2.05, 4.69) is 20.8 Å². The first-order valence-electron chi connectivity index (χ1n) is 13.6. The number of nitrogens with zero attached hydrogens (tertiary/aromatic N) is 2. The van der Waals surface area contributed by atoms with Gasteiger partial charge in [0, 0.05) is 29.8 Å². The molecule has 0 bridgehead atoms. The van der Waals surface area contributed by atoms with E-state index in [9.17, 15) is 14.0 Å². The number of carbonyl (C=O) groups is 2. The number of carbonyl (C=O) groups excluding carboxylic acids is 2. The molecule has 0 fully saturated rings. The van der Waals surface area contributed by atoms with Gasteiger partial charge in [-0.1, -0.05) is 25.0 Å². The SMILES string of the molecule is COc1cc2c(Oc3ccc(NC(=O)N/N=C/c4ccc(F)cc4)cc3)ccnc2cc1OCCCCCCC(=O)NO. The smallest absolute Gasteiger partial charge is 0.339 e. The fourth-order valence-electron chi connectivity index (χ4n) is 4.08. The largest absolute Gasteiger partial charge is 0.493 e. The van der Waals surface area contributed by atoms with E-state index in [-0.39, 0.29) is 11.7 Å². The van der Waals surface area contributed by atoms with Gasteiger partial charge in [-0.05, 0) is 66.9 Å². The van der Waals surface area contributed by atoms with Crippen LogP contribution in [0.2, 0.25) is 0 Å². The van der Waals surface area contributed by atoms with E-state index in [1.54, 1.807) is 67.3 Å². The van der Waals surface area contributed by atoms with E-state index in [0.717, 1.165) is 24.6 Å². The molecule has 0 saturated heterocycles. The van der Waals surface area contributed by atoms with E-state index in [0.29, 0.717) is 59.2 Å². The summed E-state index contributed by atoms with van der Waals surface area (Å²) in [6, 6.07) is 17.3. The minimum atomic E-state index is -0.538. The van der Waals surface area contributed by atoms with Gasteiger partial charge in [0.25, 0.3) is 0 Å². The van der Waals surface area contributed by atoms with Gasteiger partial charge in [0.15, 0.2) is 11.5 Å². The van der Waals surface area contributed by atoms with Crippen LogP contribution in [0, 0.1) is 5.82 Å². The zero-order valence-electron chi connectivity index (χ0n) is 23.5. The molecule has 4 rings (SSSR count). The summed E-state index contributed by atoms with van der Waals surface area (Å²) in [6.45, 7) is 0.475. The summed E-state index contributed by atoms with van der Waals surface area (Å²) in [6.07, 6.45) is 6.58. The quantitative estimate of drug-likeness (QED) is 0.0596. The molecule has 224 valence electrons. The predicted octanol–water partition coefficient (Wildman–Crippen LogP) is 6.17. The van der Waals surface area contributed by atoms with Gasteiger partial charge in [-0.3, -0.25) is 15.0 Å². The molecule has 0 atom stereocenters. The lowest BCUT2D eigenvalue weighted by molar-refractivity contribution is -0.129. The Morgan fingerprint density at radius 2 is 1.72 bits per heavy atom. The van der Waals surface area contributed by atoms with E-state index in [4.69, 9.17) is 19.4 Å². The second-order valence-electron chi connectivity index (χ2n) is 9.38. The van der Waals surface area contributed by atoms with Gasteiger partial charge in [-0.15, -0.1) is 0 Å². The summed E-state index contributed by atoms with van der Waals surface area (Å²) in [7, 11) is 1.56. The molecule has 12 heteroatoms. The molecule has 0 aliphatic heterocycles. The van der Waals surface area contributed by atoms with Crippen LogP contribution in [0.15, 0.2) is 78.0 Å². The number of unbranched alkanes of at least 4 members (excludes halogenated alkanes) is 3. The average molecular weight is 590 g/mol. The number of anilines is 1. The van der Waals surface area contributed by atoms with Crippen molar-refractivity contribution in [1.82, 2.24) is 15.9 Å². The van der Waals surface area contributed by atoms with Crippen LogP contribution in [0.5, 0.6) is 23.0 Å². The minimum absolute atomic E-state index is 0.292. The number of hydrogen-bond donors (Lipinski definition) is 4. The third-order valence-corrected chi connectivity index (χ3v) is 6.26. The summed E-state index contributed by atoms with van der Waals surface area (Å²) >= 11 is 0. The Morgan fingerprint density at radius 1 is 0.953 bits per heavy atom. The van der Waals surface area contributed by atoms with Crippen LogP contribution in [-0.4, -0.2) is 42.1 Å². The lowest BCUT2D eigenvalue weighted by atomic mass is 10.1. The third kappa shape index (κ3) is 9.40. The molecule has 4 aromatic rings. The number of hydrazone groups is 1. The molecule has 0 aliphatic carbocycles. The van der Waals surface area contributed by atoms with Crippen molar-refractivity contribution in [3.8, 4) is 23.0 Å². The summed E-state index contributed by atoms with van der Waals surface area (Å²) in [4.78, 5) is 27.7. The molecule has 1 heterocycles. The molecule has 0 unspecified atom stereocenters. The van der Waals surface area contributed by atoms with Gasteiger partial charge >= 0.3 is 6.03 Å². The van der Waals surface area contributed by atoms with Crippen molar-refractivity contribution in [1.29, 1.82) is 0 Å². The van der Waals surface area contributed by atoms with Crippen LogP contribution in [0.1, 0.15) is 37.7 Å². The predicted molar refractivity (Wildman–Crippen MR) is 159 cm³/mol. The number of aromatic nitrogens is 1. The fraction of sp³-hybridized carbons (Fsp3) is 0.226. The topological polar surface area (TPSA) is 143 Å². The molecule has 43 heavy (non-hydrogen) atoms. The van der Waals surface area contributed by atoms with Gasteiger partial charge in [-0.2, -0.15) is 5.10 Å². The number of amides is 3. The lowest BCUT2D eigenvalue weighted by Crippen LogP contribution is -2.24. The first-order chi connectivity index (χ1) is 20.9.